The molecule has 5 unspecified atom stereocenters. The van der Waals surface area contributed by atoms with Crippen LogP contribution in [0.3, 0.4) is 0 Å². The second-order valence-electron chi connectivity index (χ2n) is 10.2. The number of aliphatic hydroxyl groups is 2. The van der Waals surface area contributed by atoms with E-state index in [9.17, 15) is 10.2 Å². The zero-order valence-electron chi connectivity index (χ0n) is 17.9. The first-order chi connectivity index (χ1) is 12.9. The molecule has 0 bridgehead atoms. The Kier molecular flexibility index (Phi) is 6.75. The molecule has 0 saturated heterocycles. The van der Waals surface area contributed by atoms with Crippen LogP contribution >= 0.6 is 0 Å². The maximum Gasteiger partial charge on any atom is 0.0524 e. The summed E-state index contributed by atoms with van der Waals surface area (Å²) in [5, 5.41) is 19.3. The van der Waals surface area contributed by atoms with Crippen molar-refractivity contribution in [3.05, 3.63) is 12.2 Å². The molecule has 0 heterocycles. The highest BCUT2D eigenvalue weighted by atomic mass is 16.5. The summed E-state index contributed by atoms with van der Waals surface area (Å²) in [6.07, 6.45) is 10.5. The van der Waals surface area contributed by atoms with Gasteiger partial charge in [0.05, 0.1) is 6.61 Å². The Morgan fingerprint density at radius 2 is 1.85 bits per heavy atom. The SMILES string of the molecule is C=C(C)C1CC[C@H]2C3CCC(CCO)C(CCCO)(COC)[C@H]3CCC12C. The largest absolute Gasteiger partial charge is 0.396 e. The average molecular weight is 379 g/mol. The Labute approximate surface area is 166 Å². The number of methoxy groups -OCH3 is 1. The van der Waals surface area contributed by atoms with Gasteiger partial charge in [-0.2, -0.15) is 0 Å². The Hall–Kier alpha value is -0.380. The molecular formula is C24H42O3. The number of hydrogen-bond acceptors (Lipinski definition) is 3. The molecule has 0 aromatic carbocycles. The lowest BCUT2D eigenvalue weighted by molar-refractivity contribution is -0.137. The minimum atomic E-state index is 0.131. The van der Waals surface area contributed by atoms with Gasteiger partial charge in [0, 0.05) is 20.3 Å². The molecule has 3 rings (SSSR count). The maximum absolute atomic E-state index is 9.73. The molecule has 156 valence electrons. The van der Waals surface area contributed by atoms with Crippen LogP contribution in [-0.4, -0.2) is 37.1 Å². The monoisotopic (exact) mass is 378 g/mol. The molecule has 0 amide bonds. The third-order valence-electron chi connectivity index (χ3n) is 9.12. The molecule has 0 aromatic rings. The average Bonchev–Trinajstić information content (AvgIpc) is 3.00. The lowest BCUT2D eigenvalue weighted by Crippen LogP contribution is -2.55. The first-order valence-electron chi connectivity index (χ1n) is 11.3. The molecule has 0 aromatic heterocycles. The first-order valence-corrected chi connectivity index (χ1v) is 11.3. The van der Waals surface area contributed by atoms with Crippen LogP contribution in [0.5, 0.6) is 0 Å². The first kappa shape index (κ1) is 21.3. The van der Waals surface area contributed by atoms with Crippen molar-refractivity contribution in [1.82, 2.24) is 0 Å². The Balaban J connectivity index is 1.92. The number of allylic oxidation sites excluding steroid dienone is 1. The molecule has 3 heteroatoms. The van der Waals surface area contributed by atoms with Crippen molar-refractivity contribution >= 4 is 0 Å². The van der Waals surface area contributed by atoms with Crippen LogP contribution in [0.15, 0.2) is 12.2 Å². The van der Waals surface area contributed by atoms with Crippen molar-refractivity contribution in [1.29, 1.82) is 0 Å². The summed E-state index contributed by atoms with van der Waals surface area (Å²) >= 11 is 0. The molecule has 3 fully saturated rings. The Bertz CT molecular complexity index is 518. The van der Waals surface area contributed by atoms with Gasteiger partial charge in [-0.25, -0.2) is 0 Å². The van der Waals surface area contributed by atoms with E-state index in [4.69, 9.17) is 4.74 Å². The van der Waals surface area contributed by atoms with E-state index in [2.05, 4.69) is 20.4 Å². The zero-order valence-corrected chi connectivity index (χ0v) is 17.9. The number of ether oxygens (including phenoxy) is 1. The molecule has 3 saturated carbocycles. The fourth-order valence-corrected chi connectivity index (χ4v) is 8.15. The van der Waals surface area contributed by atoms with E-state index in [1.165, 1.54) is 44.1 Å². The topological polar surface area (TPSA) is 49.7 Å². The van der Waals surface area contributed by atoms with Crippen LogP contribution in [-0.2, 0) is 4.74 Å². The number of hydrogen-bond donors (Lipinski definition) is 2. The highest BCUT2D eigenvalue weighted by Gasteiger charge is 2.60. The smallest absolute Gasteiger partial charge is 0.0524 e. The summed E-state index contributed by atoms with van der Waals surface area (Å²) < 4.78 is 5.83. The number of fused-ring (bicyclic) bond motifs is 3. The quantitative estimate of drug-likeness (QED) is 0.595. The molecule has 0 aliphatic heterocycles. The van der Waals surface area contributed by atoms with Crippen molar-refractivity contribution in [3.8, 4) is 0 Å². The molecule has 7 atom stereocenters. The third kappa shape index (κ3) is 3.53. The van der Waals surface area contributed by atoms with Crippen molar-refractivity contribution in [3.63, 3.8) is 0 Å². The van der Waals surface area contributed by atoms with Gasteiger partial charge in [0.25, 0.3) is 0 Å². The van der Waals surface area contributed by atoms with Gasteiger partial charge in [0.1, 0.15) is 0 Å². The molecule has 3 aliphatic rings. The molecule has 0 radical (unpaired) electrons. The molecule has 2 N–H and O–H groups in total. The minimum Gasteiger partial charge on any atom is -0.396 e. The lowest BCUT2D eigenvalue weighted by Gasteiger charge is -2.60. The van der Waals surface area contributed by atoms with Gasteiger partial charge in [0.2, 0.25) is 0 Å². The summed E-state index contributed by atoms with van der Waals surface area (Å²) in [6.45, 7) is 10.4. The summed E-state index contributed by atoms with van der Waals surface area (Å²) in [5.74, 6) is 3.47. The van der Waals surface area contributed by atoms with Crippen LogP contribution in [0.2, 0.25) is 0 Å². The summed E-state index contributed by atoms with van der Waals surface area (Å²) in [5.41, 5.74) is 1.94. The Morgan fingerprint density at radius 3 is 2.48 bits per heavy atom. The lowest BCUT2D eigenvalue weighted by atomic mass is 9.45. The standard InChI is InChI=1S/C24H42O3/c1-17(2)20-8-9-21-19-7-6-18(11-15-26)24(16-27-4,12-5-14-25)22(19)10-13-23(20,21)3/h18-22,25-26H,1,5-16H2,2-4H3/t18?,19?,20?,21-,22-,23?,24?/m0/s1. The van der Waals surface area contributed by atoms with Gasteiger partial charge in [-0.05, 0) is 105 Å². The van der Waals surface area contributed by atoms with Crippen molar-refractivity contribution in [2.75, 3.05) is 26.9 Å². The van der Waals surface area contributed by atoms with Crippen LogP contribution in [0.4, 0.5) is 0 Å². The maximum atomic E-state index is 9.73. The van der Waals surface area contributed by atoms with E-state index >= 15 is 0 Å². The van der Waals surface area contributed by atoms with Crippen LogP contribution in [0, 0.1) is 40.4 Å². The fraction of sp³-hybridized carbons (Fsp3) is 0.917. The highest BCUT2D eigenvalue weighted by Crippen LogP contribution is 2.67. The van der Waals surface area contributed by atoms with E-state index in [0.717, 1.165) is 37.7 Å². The van der Waals surface area contributed by atoms with Crippen LogP contribution in [0.1, 0.15) is 71.6 Å². The second-order valence-corrected chi connectivity index (χ2v) is 10.2. The van der Waals surface area contributed by atoms with Gasteiger partial charge < -0.3 is 14.9 Å². The Morgan fingerprint density at radius 1 is 1.07 bits per heavy atom. The second kappa shape index (κ2) is 8.55. The van der Waals surface area contributed by atoms with Gasteiger partial charge >= 0.3 is 0 Å². The predicted molar refractivity (Wildman–Crippen MR) is 110 cm³/mol. The van der Waals surface area contributed by atoms with E-state index in [1.807, 2.05) is 7.11 Å². The number of aliphatic hydroxyl groups excluding tert-OH is 2. The summed E-state index contributed by atoms with van der Waals surface area (Å²) in [7, 11) is 1.83. The zero-order chi connectivity index (χ0) is 19.7. The van der Waals surface area contributed by atoms with E-state index in [-0.39, 0.29) is 18.6 Å². The number of rotatable bonds is 8. The summed E-state index contributed by atoms with van der Waals surface area (Å²) in [4.78, 5) is 0. The molecule has 3 nitrogen and oxygen atoms in total. The van der Waals surface area contributed by atoms with Crippen molar-refractivity contribution < 1.29 is 14.9 Å². The van der Waals surface area contributed by atoms with E-state index in [0.29, 0.717) is 23.2 Å². The van der Waals surface area contributed by atoms with Gasteiger partial charge in [-0.3, -0.25) is 0 Å². The normalized spacial score (nSPS) is 44.0. The van der Waals surface area contributed by atoms with E-state index in [1.54, 1.807) is 0 Å². The van der Waals surface area contributed by atoms with Gasteiger partial charge in [0.15, 0.2) is 0 Å². The van der Waals surface area contributed by atoms with Crippen LogP contribution < -0.4 is 0 Å². The van der Waals surface area contributed by atoms with E-state index < -0.39 is 0 Å². The van der Waals surface area contributed by atoms with Gasteiger partial charge in [-0.1, -0.05) is 19.1 Å². The molecular weight excluding hydrogens is 336 g/mol. The highest BCUT2D eigenvalue weighted by molar-refractivity contribution is 5.15. The minimum absolute atomic E-state index is 0.131. The molecule has 3 aliphatic carbocycles. The predicted octanol–water partition coefficient (Wildman–Crippen LogP) is 4.82. The molecule has 27 heavy (non-hydrogen) atoms. The van der Waals surface area contributed by atoms with Crippen molar-refractivity contribution in [2.45, 2.75) is 71.6 Å². The summed E-state index contributed by atoms with van der Waals surface area (Å²) in [6, 6.07) is 0. The van der Waals surface area contributed by atoms with Crippen molar-refractivity contribution in [2.24, 2.45) is 40.4 Å². The third-order valence-corrected chi connectivity index (χ3v) is 9.12. The fourth-order valence-electron chi connectivity index (χ4n) is 8.15. The van der Waals surface area contributed by atoms with Crippen LogP contribution in [0.25, 0.3) is 0 Å². The van der Waals surface area contributed by atoms with Gasteiger partial charge in [-0.15, -0.1) is 0 Å². The molecule has 0 spiro atoms.